The Kier molecular flexibility index (Phi) is 12.2. The molecule has 0 radical (unpaired) electrons. The van der Waals surface area contributed by atoms with Crippen molar-refractivity contribution in [3.8, 4) is 0 Å². The molecule has 12 heteroatoms. The van der Waals surface area contributed by atoms with Crippen molar-refractivity contribution in [2.45, 2.75) is 98.3 Å². The average molecular weight is 655 g/mol. The lowest BCUT2D eigenvalue weighted by Gasteiger charge is -2.37. The topological polar surface area (TPSA) is 171 Å². The molecule has 0 spiro atoms. The molecule has 2 fully saturated rings. The van der Waals surface area contributed by atoms with Gasteiger partial charge in [0.05, 0.1) is 12.1 Å². The third-order valence-electron chi connectivity index (χ3n) is 9.27. The van der Waals surface area contributed by atoms with Crippen molar-refractivity contribution in [3.63, 3.8) is 0 Å². The molecule has 5 atom stereocenters. The standard InChI is InChI=1S/C35H54N6O6/c1-19(2)22-16-17-41(27(22)32(45)37-24(18-21-14-15-21)29(43)31(36)44)33(46)30(35(5,6)7)39-34(47)38-26(20(3)4)28(42)23-12-10-11-13-25(23)40(8)9/h10-13,19-22,24,26-27,30H,14-18H2,1-9H3,(H2,36,44)(H,37,45)(H2,38,39,47)/t22-,24?,26+,27+,30-/m1/s1. The fourth-order valence-corrected chi connectivity index (χ4v) is 6.35. The van der Waals surface area contributed by atoms with Crippen LogP contribution in [-0.4, -0.2) is 85.0 Å². The number of carbonyl (C=O) groups excluding carboxylic acids is 6. The molecule has 1 aromatic rings. The summed E-state index contributed by atoms with van der Waals surface area (Å²) in [4.78, 5) is 83.1. The SMILES string of the molecule is CC(C)[C@H](NC(=O)N[C@H](C(=O)N1CC[C@H](C(C)C)[C@H]1C(=O)NC(CC1CC1)C(=O)C(N)=O)C(C)(C)C)C(=O)c1ccccc1N(C)C. The summed E-state index contributed by atoms with van der Waals surface area (Å²) in [7, 11) is 3.68. The first-order valence-electron chi connectivity index (χ1n) is 16.7. The molecule has 1 saturated heterocycles. The second kappa shape index (κ2) is 15.3. The Morgan fingerprint density at radius 3 is 2.06 bits per heavy atom. The maximum atomic E-state index is 14.3. The summed E-state index contributed by atoms with van der Waals surface area (Å²) in [5, 5.41) is 8.39. The molecule has 0 bridgehead atoms. The second-order valence-corrected chi connectivity index (χ2v) is 15.1. The number of amides is 5. The molecule has 1 aromatic carbocycles. The number of primary amides is 1. The lowest BCUT2D eigenvalue weighted by molar-refractivity contribution is -0.144. The molecule has 3 rings (SSSR count). The van der Waals surface area contributed by atoms with Gasteiger partial charge in [-0.05, 0) is 54.1 Å². The first-order chi connectivity index (χ1) is 21.8. The number of hydrogen-bond acceptors (Lipinski definition) is 7. The van der Waals surface area contributed by atoms with Crippen LogP contribution in [0.5, 0.6) is 0 Å². The normalized spacial score (nSPS) is 19.9. The van der Waals surface area contributed by atoms with Crippen molar-refractivity contribution in [2.75, 3.05) is 25.5 Å². The lowest BCUT2D eigenvalue weighted by atomic mass is 9.84. The zero-order chi connectivity index (χ0) is 35.4. The van der Waals surface area contributed by atoms with Crippen molar-refractivity contribution < 1.29 is 28.8 Å². The van der Waals surface area contributed by atoms with Crippen molar-refractivity contribution in [2.24, 2.45) is 34.8 Å². The van der Waals surface area contributed by atoms with Crippen LogP contribution in [0.3, 0.4) is 0 Å². The van der Waals surface area contributed by atoms with Gasteiger partial charge in [0.15, 0.2) is 5.78 Å². The first kappa shape index (κ1) is 37.5. The maximum Gasteiger partial charge on any atom is 0.316 e. The Balaban J connectivity index is 1.85. The highest BCUT2D eigenvalue weighted by atomic mass is 16.2. The van der Waals surface area contributed by atoms with Crippen LogP contribution < -0.4 is 26.6 Å². The Hall–Kier alpha value is -3.96. The highest BCUT2D eigenvalue weighted by Gasteiger charge is 2.48. The molecular weight excluding hydrogens is 600 g/mol. The van der Waals surface area contributed by atoms with Gasteiger partial charge in [-0.2, -0.15) is 0 Å². The summed E-state index contributed by atoms with van der Waals surface area (Å²) in [6.07, 6.45) is 2.69. The molecule has 1 unspecified atom stereocenters. The summed E-state index contributed by atoms with van der Waals surface area (Å²) in [6.45, 7) is 13.4. The van der Waals surface area contributed by atoms with Gasteiger partial charge in [-0.15, -0.1) is 0 Å². The molecule has 1 aliphatic heterocycles. The number of likely N-dealkylation sites (tertiary alicyclic amines) is 1. The van der Waals surface area contributed by atoms with E-state index in [4.69, 9.17) is 5.73 Å². The average Bonchev–Trinajstić information content (AvgIpc) is 3.69. The van der Waals surface area contributed by atoms with Gasteiger partial charge < -0.3 is 31.5 Å². The lowest BCUT2D eigenvalue weighted by Crippen LogP contribution is -2.62. The first-order valence-corrected chi connectivity index (χ1v) is 16.7. The molecule has 47 heavy (non-hydrogen) atoms. The Morgan fingerprint density at radius 2 is 1.55 bits per heavy atom. The van der Waals surface area contributed by atoms with E-state index in [2.05, 4.69) is 16.0 Å². The predicted molar refractivity (Wildman–Crippen MR) is 181 cm³/mol. The van der Waals surface area contributed by atoms with Crippen LogP contribution in [0, 0.1) is 29.1 Å². The number of para-hydroxylation sites is 1. The van der Waals surface area contributed by atoms with Gasteiger partial charge in [-0.25, -0.2) is 4.79 Å². The van der Waals surface area contributed by atoms with Gasteiger partial charge in [-0.1, -0.05) is 73.4 Å². The van der Waals surface area contributed by atoms with Crippen LogP contribution in [-0.2, 0) is 19.2 Å². The monoisotopic (exact) mass is 654 g/mol. The summed E-state index contributed by atoms with van der Waals surface area (Å²) in [6, 6.07) is 2.63. The van der Waals surface area contributed by atoms with Crippen molar-refractivity contribution in [1.82, 2.24) is 20.9 Å². The van der Waals surface area contributed by atoms with E-state index in [0.29, 0.717) is 18.4 Å². The smallest absolute Gasteiger partial charge is 0.316 e. The van der Waals surface area contributed by atoms with E-state index in [9.17, 15) is 28.8 Å². The van der Waals surface area contributed by atoms with Crippen molar-refractivity contribution >= 4 is 41.0 Å². The van der Waals surface area contributed by atoms with Crippen molar-refractivity contribution in [3.05, 3.63) is 29.8 Å². The Labute approximate surface area is 278 Å². The maximum absolute atomic E-state index is 14.3. The number of nitrogens with one attached hydrogen (secondary N) is 3. The number of nitrogens with zero attached hydrogens (tertiary/aromatic N) is 2. The summed E-state index contributed by atoms with van der Waals surface area (Å²) in [5.74, 6) is -3.37. The van der Waals surface area contributed by atoms with Crippen LogP contribution in [0.25, 0.3) is 0 Å². The highest BCUT2D eigenvalue weighted by molar-refractivity contribution is 6.37. The largest absolute Gasteiger partial charge is 0.377 e. The number of hydrogen-bond donors (Lipinski definition) is 4. The van der Waals surface area contributed by atoms with Crippen LogP contribution in [0.1, 0.15) is 84.5 Å². The van der Waals surface area contributed by atoms with Gasteiger partial charge in [0.2, 0.25) is 17.6 Å². The third-order valence-corrected chi connectivity index (χ3v) is 9.27. The van der Waals surface area contributed by atoms with Gasteiger partial charge in [0.25, 0.3) is 5.91 Å². The van der Waals surface area contributed by atoms with Crippen LogP contribution >= 0.6 is 0 Å². The minimum absolute atomic E-state index is 0.0319. The Bertz CT molecular complexity index is 1350. The number of carbonyl (C=O) groups is 6. The number of ketones is 2. The molecule has 1 aliphatic carbocycles. The highest BCUT2D eigenvalue weighted by Crippen LogP contribution is 2.35. The number of benzene rings is 1. The summed E-state index contributed by atoms with van der Waals surface area (Å²) in [5.41, 5.74) is 5.73. The van der Waals surface area contributed by atoms with Crippen LogP contribution in [0.4, 0.5) is 10.5 Å². The van der Waals surface area contributed by atoms with Crippen molar-refractivity contribution in [1.29, 1.82) is 0 Å². The third kappa shape index (κ3) is 9.32. The number of urea groups is 1. The molecule has 0 aromatic heterocycles. The van der Waals surface area contributed by atoms with E-state index in [0.717, 1.165) is 18.5 Å². The summed E-state index contributed by atoms with van der Waals surface area (Å²) >= 11 is 0. The van der Waals surface area contributed by atoms with Gasteiger partial charge in [0.1, 0.15) is 12.1 Å². The number of anilines is 1. The quantitative estimate of drug-likeness (QED) is 0.177. The van der Waals surface area contributed by atoms with E-state index in [1.165, 1.54) is 4.90 Å². The zero-order valence-corrected chi connectivity index (χ0v) is 29.4. The summed E-state index contributed by atoms with van der Waals surface area (Å²) < 4.78 is 0. The molecular formula is C35H54N6O6. The zero-order valence-electron chi connectivity index (χ0n) is 29.4. The van der Waals surface area contributed by atoms with Gasteiger partial charge in [-0.3, -0.25) is 24.0 Å². The Morgan fingerprint density at radius 1 is 0.936 bits per heavy atom. The van der Waals surface area contributed by atoms with E-state index in [1.54, 1.807) is 12.1 Å². The molecule has 1 saturated carbocycles. The van der Waals surface area contributed by atoms with E-state index in [-0.39, 0.29) is 36.0 Å². The number of Topliss-reactive ketones (excluding diaryl/α,β-unsaturated/α-hetero) is 2. The number of rotatable bonds is 14. The minimum atomic E-state index is -1.11. The molecule has 260 valence electrons. The van der Waals surface area contributed by atoms with E-state index < -0.39 is 59.1 Å². The molecule has 12 nitrogen and oxygen atoms in total. The fraction of sp³-hybridized carbons (Fsp3) is 0.657. The van der Waals surface area contributed by atoms with E-state index in [1.807, 2.05) is 79.6 Å². The van der Waals surface area contributed by atoms with Gasteiger partial charge >= 0.3 is 6.03 Å². The fourth-order valence-electron chi connectivity index (χ4n) is 6.35. The molecule has 5 N–H and O–H groups in total. The molecule has 1 heterocycles. The van der Waals surface area contributed by atoms with E-state index >= 15 is 0 Å². The van der Waals surface area contributed by atoms with Gasteiger partial charge in [0, 0.05) is 31.9 Å². The second-order valence-electron chi connectivity index (χ2n) is 15.1. The molecule has 2 aliphatic rings. The number of nitrogens with two attached hydrogens (primary N) is 1. The van der Waals surface area contributed by atoms with Crippen LogP contribution in [0.2, 0.25) is 0 Å². The van der Waals surface area contributed by atoms with Crippen LogP contribution in [0.15, 0.2) is 24.3 Å². The minimum Gasteiger partial charge on any atom is -0.377 e. The molecule has 5 amide bonds. The predicted octanol–water partition coefficient (Wildman–Crippen LogP) is 2.89.